The van der Waals surface area contributed by atoms with Crippen molar-refractivity contribution in [3.8, 4) is 11.5 Å². The fraction of sp³-hybridized carbons (Fsp3) is 0.545. The molecule has 1 saturated heterocycles. The van der Waals surface area contributed by atoms with Crippen molar-refractivity contribution in [2.45, 2.75) is 50.2 Å². The van der Waals surface area contributed by atoms with E-state index in [1.54, 1.807) is 12.3 Å². The maximum Gasteiger partial charge on any atom is 0.281 e. The van der Waals surface area contributed by atoms with Gasteiger partial charge in [-0.25, -0.2) is 37.1 Å². The number of piperidine rings is 1. The van der Waals surface area contributed by atoms with Gasteiger partial charge in [0.1, 0.15) is 17.2 Å². The summed E-state index contributed by atoms with van der Waals surface area (Å²) in [6.07, 6.45) is 8.65. The number of aromatic nitrogens is 5. The Hall–Kier alpha value is -2.69. The van der Waals surface area contributed by atoms with Crippen molar-refractivity contribution in [2.24, 2.45) is 5.92 Å². The van der Waals surface area contributed by atoms with Gasteiger partial charge in [0.2, 0.25) is 0 Å². The topological polar surface area (TPSA) is 93.4 Å². The highest BCUT2D eigenvalue weighted by atomic mass is 32.2. The lowest BCUT2D eigenvalue weighted by molar-refractivity contribution is 0.145. The van der Waals surface area contributed by atoms with E-state index in [0.717, 1.165) is 32.1 Å². The zero-order valence-electron chi connectivity index (χ0n) is 18.1. The number of imidazole rings is 1. The van der Waals surface area contributed by atoms with E-state index in [1.807, 2.05) is 4.90 Å². The molecule has 0 aromatic carbocycles. The Morgan fingerprint density at radius 2 is 1.88 bits per heavy atom. The Morgan fingerprint density at radius 3 is 2.67 bits per heavy atom. The summed E-state index contributed by atoms with van der Waals surface area (Å²) < 4.78 is 53.9. The predicted molar refractivity (Wildman–Crippen MR) is 120 cm³/mol. The van der Waals surface area contributed by atoms with Crippen LogP contribution in [-0.2, 0) is 9.84 Å². The van der Waals surface area contributed by atoms with Gasteiger partial charge in [0.15, 0.2) is 21.3 Å². The molecule has 33 heavy (non-hydrogen) atoms. The fourth-order valence-electron chi connectivity index (χ4n) is 4.91. The van der Waals surface area contributed by atoms with Gasteiger partial charge < -0.3 is 4.90 Å². The normalized spacial score (nSPS) is 20.2. The molecule has 2 aliphatic rings. The van der Waals surface area contributed by atoms with Gasteiger partial charge in [-0.2, -0.15) is 0 Å². The van der Waals surface area contributed by atoms with E-state index in [2.05, 4.69) is 19.9 Å². The van der Waals surface area contributed by atoms with Crippen LogP contribution in [0.2, 0.25) is 0 Å². The van der Waals surface area contributed by atoms with Gasteiger partial charge >= 0.3 is 0 Å². The van der Waals surface area contributed by atoms with Crippen molar-refractivity contribution in [1.82, 2.24) is 24.3 Å². The van der Waals surface area contributed by atoms with E-state index >= 15 is 0 Å². The molecular formula is C22H26F2N6O2S. The second-order valence-electron chi connectivity index (χ2n) is 8.91. The first kappa shape index (κ1) is 22.1. The van der Waals surface area contributed by atoms with Crippen LogP contribution in [0.3, 0.4) is 0 Å². The summed E-state index contributed by atoms with van der Waals surface area (Å²) in [5.74, 6) is 1.53. The third-order valence-electron chi connectivity index (χ3n) is 6.66. The van der Waals surface area contributed by atoms with Crippen LogP contribution in [0.1, 0.15) is 50.6 Å². The van der Waals surface area contributed by atoms with Gasteiger partial charge in [-0.15, -0.1) is 0 Å². The molecule has 3 aromatic heterocycles. The van der Waals surface area contributed by atoms with Crippen LogP contribution in [0.15, 0.2) is 30.9 Å². The standard InChI is InChI=1S/C22H26F2N6O2S/c23-21(24)17-13-30-18(10-27-20(30)11-26-17)22-25-8-7-19(28-22)29-9-3-6-16(12-29)33(31,32)14-15-4-1-2-5-15/h7-8,10-11,13,15-16,21H,1-6,9,12,14H2. The Morgan fingerprint density at radius 1 is 1.06 bits per heavy atom. The van der Waals surface area contributed by atoms with Crippen molar-refractivity contribution in [2.75, 3.05) is 23.7 Å². The minimum absolute atomic E-state index is 0.281. The molecule has 0 amide bonds. The summed E-state index contributed by atoms with van der Waals surface area (Å²) in [7, 11) is -3.18. The molecule has 1 unspecified atom stereocenters. The van der Waals surface area contributed by atoms with Crippen LogP contribution >= 0.6 is 0 Å². The molecule has 1 saturated carbocycles. The number of halogens is 2. The first-order valence-corrected chi connectivity index (χ1v) is 13.0. The van der Waals surface area contributed by atoms with E-state index in [-0.39, 0.29) is 11.4 Å². The molecule has 176 valence electrons. The van der Waals surface area contributed by atoms with Crippen LogP contribution in [-0.4, -0.2) is 56.8 Å². The number of nitrogens with zero attached hydrogens (tertiary/aromatic N) is 6. The van der Waals surface area contributed by atoms with E-state index in [1.165, 1.54) is 23.0 Å². The number of anilines is 1. The number of fused-ring (bicyclic) bond motifs is 1. The molecule has 0 radical (unpaired) electrons. The average Bonchev–Trinajstić information content (AvgIpc) is 3.48. The van der Waals surface area contributed by atoms with Gasteiger partial charge in [0.05, 0.1) is 23.4 Å². The molecule has 5 rings (SSSR count). The zero-order chi connectivity index (χ0) is 23.0. The number of hydrogen-bond donors (Lipinski definition) is 0. The van der Waals surface area contributed by atoms with Crippen molar-refractivity contribution in [1.29, 1.82) is 0 Å². The Bertz CT molecular complexity index is 1240. The molecule has 4 heterocycles. The smallest absolute Gasteiger partial charge is 0.281 e. The lowest BCUT2D eigenvalue weighted by Crippen LogP contribution is -2.44. The molecule has 8 nitrogen and oxygen atoms in total. The van der Waals surface area contributed by atoms with Gasteiger partial charge in [0.25, 0.3) is 6.43 Å². The van der Waals surface area contributed by atoms with E-state index in [4.69, 9.17) is 0 Å². The second kappa shape index (κ2) is 8.92. The lowest BCUT2D eigenvalue weighted by Gasteiger charge is -2.33. The van der Waals surface area contributed by atoms with Crippen LogP contribution in [0.4, 0.5) is 14.6 Å². The highest BCUT2D eigenvalue weighted by molar-refractivity contribution is 7.92. The molecular weight excluding hydrogens is 450 g/mol. The van der Waals surface area contributed by atoms with Crippen molar-refractivity contribution >= 4 is 21.3 Å². The quantitative estimate of drug-likeness (QED) is 0.536. The average molecular weight is 477 g/mol. The summed E-state index contributed by atoms with van der Waals surface area (Å²) in [6, 6.07) is 1.75. The van der Waals surface area contributed by atoms with Crippen LogP contribution < -0.4 is 4.90 Å². The highest BCUT2D eigenvalue weighted by Gasteiger charge is 2.34. The Balaban J connectivity index is 1.39. The van der Waals surface area contributed by atoms with E-state index in [0.29, 0.717) is 48.4 Å². The van der Waals surface area contributed by atoms with Crippen molar-refractivity contribution in [3.63, 3.8) is 0 Å². The highest BCUT2D eigenvalue weighted by Crippen LogP contribution is 2.30. The maximum atomic E-state index is 13.1. The summed E-state index contributed by atoms with van der Waals surface area (Å²) in [5, 5.41) is -0.402. The van der Waals surface area contributed by atoms with Crippen LogP contribution in [0.5, 0.6) is 0 Å². The number of sulfone groups is 1. The minimum atomic E-state index is -3.18. The molecule has 1 aliphatic carbocycles. The Labute approximate surface area is 191 Å². The number of rotatable bonds is 6. The molecule has 1 aliphatic heterocycles. The van der Waals surface area contributed by atoms with Crippen molar-refractivity contribution < 1.29 is 17.2 Å². The summed E-state index contributed by atoms with van der Waals surface area (Å²) >= 11 is 0. The molecule has 0 N–H and O–H groups in total. The Kier molecular flexibility index (Phi) is 5.98. The largest absolute Gasteiger partial charge is 0.355 e. The van der Waals surface area contributed by atoms with Gasteiger partial charge in [-0.1, -0.05) is 12.8 Å². The molecule has 1 atom stereocenters. The lowest BCUT2D eigenvalue weighted by atomic mass is 10.1. The molecule has 3 aromatic rings. The minimum Gasteiger partial charge on any atom is -0.355 e. The number of alkyl halides is 2. The maximum absolute atomic E-state index is 13.1. The molecule has 0 bridgehead atoms. The van der Waals surface area contributed by atoms with E-state index < -0.39 is 21.5 Å². The summed E-state index contributed by atoms with van der Waals surface area (Å²) in [4.78, 5) is 18.9. The first-order chi connectivity index (χ1) is 15.9. The number of hydrogen-bond acceptors (Lipinski definition) is 7. The third kappa shape index (κ3) is 4.55. The molecule has 0 spiro atoms. The zero-order valence-corrected chi connectivity index (χ0v) is 19.0. The monoisotopic (exact) mass is 476 g/mol. The van der Waals surface area contributed by atoms with Crippen molar-refractivity contribution in [3.05, 3.63) is 36.5 Å². The van der Waals surface area contributed by atoms with Crippen LogP contribution in [0, 0.1) is 5.92 Å². The van der Waals surface area contributed by atoms with E-state index in [9.17, 15) is 17.2 Å². The SMILES string of the molecule is O=S(=O)(CC1CCCC1)C1CCCN(c2ccnc(-c3cnc4cnc(C(F)F)cn34)n2)C1. The summed E-state index contributed by atoms with van der Waals surface area (Å²) in [5.41, 5.74) is 0.530. The second-order valence-corrected chi connectivity index (χ2v) is 11.2. The summed E-state index contributed by atoms with van der Waals surface area (Å²) in [6.45, 7) is 1.11. The van der Waals surface area contributed by atoms with Gasteiger partial charge in [-0.3, -0.25) is 4.40 Å². The fourth-order valence-corrected chi connectivity index (χ4v) is 7.11. The third-order valence-corrected chi connectivity index (χ3v) is 9.00. The van der Waals surface area contributed by atoms with Crippen LogP contribution in [0.25, 0.3) is 17.2 Å². The van der Waals surface area contributed by atoms with Gasteiger partial charge in [0, 0.05) is 25.5 Å². The van der Waals surface area contributed by atoms with Gasteiger partial charge in [-0.05, 0) is 37.7 Å². The first-order valence-electron chi connectivity index (χ1n) is 11.3. The molecule has 2 fully saturated rings. The molecule has 11 heteroatoms. The predicted octanol–water partition coefficient (Wildman–Crippen LogP) is 3.70.